The molecule has 18 heavy (non-hydrogen) atoms. The Labute approximate surface area is 101 Å². The summed E-state index contributed by atoms with van der Waals surface area (Å²) in [5.74, 6) is -1.10. The Morgan fingerprint density at radius 3 is 2.94 bits per heavy atom. The standard InChI is InChI=1S/C11H8FN5O/c12-7-1-2-9(6(3-7)4-13)16-11(18)10-8(14)5-15-17-10/h1-3,5H,14H2,(H,15,17)(H,16,18). The van der Waals surface area contributed by atoms with Crippen LogP contribution in [0.15, 0.2) is 24.4 Å². The van der Waals surface area contributed by atoms with Crippen LogP contribution in [-0.4, -0.2) is 16.1 Å². The molecule has 4 N–H and O–H groups in total. The van der Waals surface area contributed by atoms with Gasteiger partial charge in [-0.2, -0.15) is 10.4 Å². The van der Waals surface area contributed by atoms with Crippen LogP contribution in [0.2, 0.25) is 0 Å². The molecule has 0 saturated heterocycles. The summed E-state index contributed by atoms with van der Waals surface area (Å²) in [6, 6.07) is 5.27. The highest BCUT2D eigenvalue weighted by molar-refractivity contribution is 6.06. The molecule has 2 rings (SSSR count). The molecular formula is C11H8FN5O. The number of anilines is 2. The van der Waals surface area contributed by atoms with Gasteiger partial charge in [-0.3, -0.25) is 9.89 Å². The molecule has 0 spiro atoms. The molecule has 90 valence electrons. The number of aromatic amines is 1. The van der Waals surface area contributed by atoms with E-state index >= 15 is 0 Å². The summed E-state index contributed by atoms with van der Waals surface area (Å²) in [5, 5.41) is 17.3. The van der Waals surface area contributed by atoms with Gasteiger partial charge in [0, 0.05) is 0 Å². The fourth-order valence-corrected chi connectivity index (χ4v) is 1.38. The highest BCUT2D eigenvalue weighted by Gasteiger charge is 2.14. The summed E-state index contributed by atoms with van der Waals surface area (Å²) in [7, 11) is 0. The van der Waals surface area contributed by atoms with Crippen molar-refractivity contribution in [1.29, 1.82) is 5.26 Å². The maximum atomic E-state index is 12.9. The van der Waals surface area contributed by atoms with Crippen molar-refractivity contribution in [3.05, 3.63) is 41.5 Å². The van der Waals surface area contributed by atoms with Gasteiger partial charge >= 0.3 is 0 Å². The third-order valence-electron chi connectivity index (χ3n) is 2.25. The summed E-state index contributed by atoms with van der Waals surface area (Å²) in [6.07, 6.45) is 1.30. The number of hydrogen-bond acceptors (Lipinski definition) is 4. The molecule has 0 radical (unpaired) electrons. The lowest BCUT2D eigenvalue weighted by molar-refractivity contribution is 0.102. The first-order valence-corrected chi connectivity index (χ1v) is 4.91. The van der Waals surface area contributed by atoms with E-state index in [0.717, 1.165) is 12.1 Å². The van der Waals surface area contributed by atoms with Gasteiger partial charge < -0.3 is 11.1 Å². The molecule has 1 heterocycles. The summed E-state index contributed by atoms with van der Waals surface area (Å²) in [4.78, 5) is 11.8. The van der Waals surface area contributed by atoms with Gasteiger partial charge in [0.2, 0.25) is 0 Å². The predicted molar refractivity (Wildman–Crippen MR) is 62.1 cm³/mol. The average molecular weight is 245 g/mol. The number of aromatic nitrogens is 2. The van der Waals surface area contributed by atoms with Crippen LogP contribution in [0.25, 0.3) is 0 Å². The molecule has 1 amide bonds. The Balaban J connectivity index is 2.28. The van der Waals surface area contributed by atoms with Gasteiger partial charge in [-0.15, -0.1) is 0 Å². The number of H-pyrrole nitrogens is 1. The summed E-state index contributed by atoms with van der Waals surface area (Å²) < 4.78 is 12.9. The zero-order chi connectivity index (χ0) is 13.1. The zero-order valence-electron chi connectivity index (χ0n) is 9.07. The summed E-state index contributed by atoms with van der Waals surface area (Å²) in [6.45, 7) is 0. The Morgan fingerprint density at radius 2 is 2.33 bits per heavy atom. The number of nitrogens with one attached hydrogen (secondary N) is 2. The number of halogens is 1. The first kappa shape index (κ1) is 11.6. The van der Waals surface area contributed by atoms with Crippen LogP contribution in [0.1, 0.15) is 16.1 Å². The normalized spacial score (nSPS) is 9.78. The van der Waals surface area contributed by atoms with E-state index in [4.69, 9.17) is 11.0 Å². The number of nitrogen functional groups attached to an aromatic ring is 1. The van der Waals surface area contributed by atoms with E-state index in [9.17, 15) is 9.18 Å². The van der Waals surface area contributed by atoms with E-state index in [0.29, 0.717) is 0 Å². The minimum atomic E-state index is -0.550. The second-order valence-corrected chi connectivity index (χ2v) is 3.46. The maximum absolute atomic E-state index is 12.9. The van der Waals surface area contributed by atoms with Crippen LogP contribution in [0.3, 0.4) is 0 Å². The molecule has 2 aromatic rings. The third-order valence-corrected chi connectivity index (χ3v) is 2.25. The molecule has 0 aliphatic heterocycles. The number of benzene rings is 1. The van der Waals surface area contributed by atoms with Crippen molar-refractivity contribution < 1.29 is 9.18 Å². The summed E-state index contributed by atoms with van der Waals surface area (Å²) >= 11 is 0. The van der Waals surface area contributed by atoms with E-state index in [2.05, 4.69) is 15.5 Å². The molecule has 6 nitrogen and oxygen atoms in total. The van der Waals surface area contributed by atoms with E-state index in [-0.39, 0.29) is 22.6 Å². The molecule has 0 bridgehead atoms. The molecule has 1 aromatic carbocycles. The molecule has 0 atom stereocenters. The van der Waals surface area contributed by atoms with Crippen molar-refractivity contribution in [3.63, 3.8) is 0 Å². The first-order chi connectivity index (χ1) is 8.61. The van der Waals surface area contributed by atoms with E-state index in [1.54, 1.807) is 6.07 Å². The van der Waals surface area contributed by atoms with Gasteiger partial charge in [-0.05, 0) is 18.2 Å². The number of hydrogen-bond donors (Lipinski definition) is 3. The van der Waals surface area contributed by atoms with Crippen molar-refractivity contribution >= 4 is 17.3 Å². The van der Waals surface area contributed by atoms with Crippen molar-refractivity contribution in [2.75, 3.05) is 11.1 Å². The van der Waals surface area contributed by atoms with E-state index in [1.807, 2.05) is 0 Å². The highest BCUT2D eigenvalue weighted by Crippen LogP contribution is 2.17. The van der Waals surface area contributed by atoms with Crippen molar-refractivity contribution in [2.24, 2.45) is 0 Å². The second kappa shape index (κ2) is 4.55. The van der Waals surface area contributed by atoms with Gasteiger partial charge in [-0.1, -0.05) is 0 Å². The number of nitriles is 1. The Kier molecular flexibility index (Phi) is 2.93. The predicted octanol–water partition coefficient (Wildman–Crippen LogP) is 1.25. The smallest absolute Gasteiger partial charge is 0.275 e. The fourth-order valence-electron chi connectivity index (χ4n) is 1.38. The zero-order valence-corrected chi connectivity index (χ0v) is 9.07. The van der Waals surface area contributed by atoms with Crippen LogP contribution in [-0.2, 0) is 0 Å². The number of carbonyl (C=O) groups is 1. The number of amides is 1. The quantitative estimate of drug-likeness (QED) is 0.739. The third kappa shape index (κ3) is 2.12. The average Bonchev–Trinajstić information content (AvgIpc) is 2.77. The van der Waals surface area contributed by atoms with Crippen molar-refractivity contribution in [1.82, 2.24) is 10.2 Å². The Hall–Kier alpha value is -2.88. The molecule has 0 fully saturated rings. The molecule has 0 aliphatic carbocycles. The van der Waals surface area contributed by atoms with E-state index in [1.165, 1.54) is 12.3 Å². The Morgan fingerprint density at radius 1 is 1.56 bits per heavy atom. The number of rotatable bonds is 2. The van der Waals surface area contributed by atoms with Gasteiger partial charge in [0.1, 0.15) is 17.6 Å². The lowest BCUT2D eigenvalue weighted by atomic mass is 10.2. The number of carbonyl (C=O) groups excluding carboxylic acids is 1. The number of nitrogens with zero attached hydrogens (tertiary/aromatic N) is 2. The molecular weight excluding hydrogens is 237 g/mol. The lowest BCUT2D eigenvalue weighted by Gasteiger charge is -2.06. The highest BCUT2D eigenvalue weighted by atomic mass is 19.1. The van der Waals surface area contributed by atoms with Crippen LogP contribution in [0, 0.1) is 17.1 Å². The SMILES string of the molecule is N#Cc1cc(F)ccc1NC(=O)c1[nH]ncc1N. The van der Waals surface area contributed by atoms with Gasteiger partial charge in [0.15, 0.2) is 0 Å². The molecule has 0 aliphatic rings. The molecule has 0 unspecified atom stereocenters. The largest absolute Gasteiger partial charge is 0.396 e. The van der Waals surface area contributed by atoms with Gasteiger partial charge in [0.05, 0.1) is 23.1 Å². The van der Waals surface area contributed by atoms with E-state index < -0.39 is 11.7 Å². The topological polar surface area (TPSA) is 108 Å². The van der Waals surface area contributed by atoms with Crippen LogP contribution >= 0.6 is 0 Å². The minimum Gasteiger partial charge on any atom is -0.396 e. The Bertz CT molecular complexity index is 643. The molecule has 0 saturated carbocycles. The fraction of sp³-hybridized carbons (Fsp3) is 0. The maximum Gasteiger partial charge on any atom is 0.275 e. The first-order valence-electron chi connectivity index (χ1n) is 4.91. The van der Waals surface area contributed by atoms with Crippen molar-refractivity contribution in [2.45, 2.75) is 0 Å². The van der Waals surface area contributed by atoms with Crippen molar-refractivity contribution in [3.8, 4) is 6.07 Å². The molecule has 7 heteroatoms. The van der Waals surface area contributed by atoms with Crippen LogP contribution in [0.5, 0.6) is 0 Å². The van der Waals surface area contributed by atoms with Gasteiger partial charge in [-0.25, -0.2) is 4.39 Å². The lowest BCUT2D eigenvalue weighted by Crippen LogP contribution is -2.15. The number of nitrogens with two attached hydrogens (primary N) is 1. The van der Waals surface area contributed by atoms with Crippen LogP contribution < -0.4 is 11.1 Å². The molecule has 1 aromatic heterocycles. The monoisotopic (exact) mass is 245 g/mol. The minimum absolute atomic E-state index is 0.0291. The summed E-state index contributed by atoms with van der Waals surface area (Å²) in [5.41, 5.74) is 6.02. The van der Waals surface area contributed by atoms with Crippen LogP contribution in [0.4, 0.5) is 15.8 Å². The second-order valence-electron chi connectivity index (χ2n) is 3.46. The van der Waals surface area contributed by atoms with Gasteiger partial charge in [0.25, 0.3) is 5.91 Å².